The van der Waals surface area contributed by atoms with Crippen LogP contribution < -0.4 is 0 Å². The van der Waals surface area contributed by atoms with Gasteiger partial charge >= 0.3 is 5.97 Å². The van der Waals surface area contributed by atoms with E-state index in [4.69, 9.17) is 52.1 Å². The number of hydrogen-bond donors (Lipinski definition) is 7. The first-order valence-corrected chi connectivity index (χ1v) is 29.4. The zero-order valence-corrected chi connectivity index (χ0v) is 50.3. The normalized spacial score (nSPS) is 17.4. The summed E-state index contributed by atoms with van der Waals surface area (Å²) in [5.74, 6) is -0.180. The van der Waals surface area contributed by atoms with Crippen LogP contribution in [0.1, 0.15) is 179 Å². The lowest BCUT2D eigenvalue weighted by Crippen LogP contribution is -2.43. The van der Waals surface area contributed by atoms with E-state index in [0.29, 0.717) is 13.0 Å². The van der Waals surface area contributed by atoms with E-state index in [9.17, 15) is 40.5 Å². The Bertz CT molecular complexity index is 1180. The van der Waals surface area contributed by atoms with Crippen LogP contribution in [0.4, 0.5) is 0 Å². The molecule has 7 N–H and O–H groups in total. The summed E-state index contributed by atoms with van der Waals surface area (Å²) in [6, 6.07) is 0. The molecule has 0 aliphatic heterocycles. The Labute approximate surface area is 467 Å². The second-order valence-corrected chi connectivity index (χ2v) is 22.4. The summed E-state index contributed by atoms with van der Waals surface area (Å²) in [6.45, 7) is 22.9. The second-order valence-electron chi connectivity index (χ2n) is 22.4. The van der Waals surface area contributed by atoms with E-state index >= 15 is 0 Å². The second kappa shape index (κ2) is 51.7. The zero-order valence-electron chi connectivity index (χ0n) is 50.3. The van der Waals surface area contributed by atoms with Crippen LogP contribution in [0.15, 0.2) is 0 Å². The van der Waals surface area contributed by atoms with Crippen LogP contribution in [0.2, 0.25) is 0 Å². The summed E-state index contributed by atoms with van der Waals surface area (Å²) in [7, 11) is 0. The molecule has 0 fully saturated rings. The average Bonchev–Trinajstić information content (AvgIpc) is 3.33. The third-order valence-electron chi connectivity index (χ3n) is 11.7. The number of aliphatic hydroxyl groups excluding tert-OH is 7. The molecule has 0 aromatic heterocycles. The van der Waals surface area contributed by atoms with Crippen LogP contribution >= 0.6 is 0 Å². The highest BCUT2D eigenvalue weighted by Gasteiger charge is 2.35. The van der Waals surface area contributed by atoms with Crippen molar-refractivity contribution in [1.82, 2.24) is 0 Å². The molecule has 19 heteroatoms. The first-order chi connectivity index (χ1) is 36.6. The maximum absolute atomic E-state index is 12.3. The molecular weight excluding hydrogens is 1000 g/mol. The third-order valence-corrected chi connectivity index (χ3v) is 11.7. The molecule has 0 rings (SSSR count). The standard InChI is InChI=1S/C38H76O10.C20H42O9/c1-7-8-9-10-11-12-13-14-15-16-17-18-19-20-21-22-37(42)48-36(6)27-47-35(5)26-46-31-38(28-43-23-32(2)39,29-44-24-33(3)40)30-45-25-34(4)41;1-15(21)6-25-11-20(12-26-7-16(2)22,13-27-8-17(3)23)14-28-10-19(5)29-9-18(4)24/h32-36,39-41H,7-31H2,1-6H3;15-19,21-24H,6-14H2,1-5H3. The summed E-state index contributed by atoms with van der Waals surface area (Å²) in [5, 5.41) is 66.7. The molecular formula is C58H118O19. The minimum atomic E-state index is -0.728. The Kier molecular flexibility index (Phi) is 52.2. The first kappa shape index (κ1) is 77.9. The lowest BCUT2D eigenvalue weighted by molar-refractivity contribution is -0.154. The van der Waals surface area contributed by atoms with Crippen molar-refractivity contribution in [3.05, 3.63) is 0 Å². The van der Waals surface area contributed by atoms with Crippen LogP contribution in [0.5, 0.6) is 0 Å². The molecule has 0 amide bonds. The van der Waals surface area contributed by atoms with E-state index in [0.717, 1.165) is 12.8 Å². The lowest BCUT2D eigenvalue weighted by Gasteiger charge is -2.34. The summed E-state index contributed by atoms with van der Waals surface area (Å²) in [6.07, 6.45) is 14.7. The Morgan fingerprint density at radius 2 is 0.545 bits per heavy atom. The van der Waals surface area contributed by atoms with E-state index in [2.05, 4.69) is 6.92 Å². The lowest BCUT2D eigenvalue weighted by atomic mass is 9.92. The van der Waals surface area contributed by atoms with Crippen molar-refractivity contribution in [2.24, 2.45) is 10.8 Å². The summed E-state index contributed by atoms with van der Waals surface area (Å²) >= 11 is 0. The molecule has 0 aromatic carbocycles. The quantitative estimate of drug-likeness (QED) is 0.0245. The Morgan fingerprint density at radius 1 is 0.312 bits per heavy atom. The molecule has 0 spiro atoms. The maximum atomic E-state index is 12.3. The predicted octanol–water partition coefficient (Wildman–Crippen LogP) is 6.75. The van der Waals surface area contributed by atoms with Gasteiger partial charge in [0, 0.05) is 6.42 Å². The predicted molar refractivity (Wildman–Crippen MR) is 299 cm³/mol. The van der Waals surface area contributed by atoms with Crippen molar-refractivity contribution in [1.29, 1.82) is 0 Å². The number of unbranched alkanes of at least 4 members (excludes halogenated alkanes) is 14. The maximum Gasteiger partial charge on any atom is 0.306 e. The fourth-order valence-corrected chi connectivity index (χ4v) is 7.72. The van der Waals surface area contributed by atoms with Gasteiger partial charge in [-0.1, -0.05) is 96.8 Å². The van der Waals surface area contributed by atoms with Crippen molar-refractivity contribution in [2.75, 3.05) is 119 Å². The van der Waals surface area contributed by atoms with E-state index in [1.807, 2.05) is 20.8 Å². The largest absolute Gasteiger partial charge is 0.460 e. The summed E-state index contributed by atoms with van der Waals surface area (Å²) < 4.78 is 62.9. The Balaban J connectivity index is 0. The van der Waals surface area contributed by atoms with E-state index in [-0.39, 0.29) is 137 Å². The van der Waals surface area contributed by atoms with Gasteiger partial charge in [-0.2, -0.15) is 0 Å². The minimum absolute atomic E-state index is 0.143. The molecule has 0 saturated heterocycles. The van der Waals surface area contributed by atoms with Crippen LogP contribution in [-0.2, 0) is 56.9 Å². The van der Waals surface area contributed by atoms with Crippen molar-refractivity contribution in [3.8, 4) is 0 Å². The molecule has 77 heavy (non-hydrogen) atoms. The van der Waals surface area contributed by atoms with Crippen molar-refractivity contribution in [2.45, 2.75) is 240 Å². The molecule has 0 saturated carbocycles. The van der Waals surface area contributed by atoms with E-state index in [1.54, 1.807) is 48.5 Å². The van der Waals surface area contributed by atoms with Gasteiger partial charge in [0.05, 0.1) is 185 Å². The van der Waals surface area contributed by atoms with Gasteiger partial charge in [-0.05, 0) is 75.7 Å². The van der Waals surface area contributed by atoms with Crippen LogP contribution in [0.3, 0.4) is 0 Å². The smallest absolute Gasteiger partial charge is 0.306 e. The molecule has 10 atom stereocenters. The van der Waals surface area contributed by atoms with Crippen LogP contribution in [-0.4, -0.2) is 222 Å². The van der Waals surface area contributed by atoms with Crippen LogP contribution in [0.25, 0.3) is 0 Å². The molecule has 0 aromatic rings. The number of ether oxygens (including phenoxy) is 11. The van der Waals surface area contributed by atoms with Gasteiger partial charge in [-0.25, -0.2) is 0 Å². The molecule has 10 unspecified atom stereocenters. The fourth-order valence-electron chi connectivity index (χ4n) is 7.72. The van der Waals surface area contributed by atoms with Gasteiger partial charge < -0.3 is 87.9 Å². The topological polar surface area (TPSA) is 260 Å². The molecule has 0 radical (unpaired) electrons. The van der Waals surface area contributed by atoms with Crippen molar-refractivity contribution < 1.29 is 92.6 Å². The van der Waals surface area contributed by atoms with Gasteiger partial charge in [0.15, 0.2) is 0 Å². The van der Waals surface area contributed by atoms with Gasteiger partial charge in [0.25, 0.3) is 0 Å². The SMILES string of the molecule is CC(O)COCC(COCC(C)O)(COCC(C)O)COCC(C)OCC(C)O.CCCCCCCCCCCCCCCCCC(=O)OC(C)COC(C)COCC(COCC(C)O)(COCC(C)O)COCC(C)O. The Morgan fingerprint density at radius 3 is 0.805 bits per heavy atom. The van der Waals surface area contributed by atoms with Crippen LogP contribution in [0, 0.1) is 10.8 Å². The Hall–Kier alpha value is -1.21. The molecule has 0 heterocycles. The number of hydrogen-bond acceptors (Lipinski definition) is 19. The van der Waals surface area contributed by atoms with Crippen molar-refractivity contribution >= 4 is 5.97 Å². The third kappa shape index (κ3) is 53.8. The molecule has 0 aliphatic rings. The highest BCUT2D eigenvalue weighted by atomic mass is 16.6. The monoisotopic (exact) mass is 1120 g/mol. The molecule has 464 valence electrons. The fraction of sp³-hybridized carbons (Fsp3) is 0.983. The number of aliphatic hydroxyl groups is 7. The highest BCUT2D eigenvalue weighted by molar-refractivity contribution is 5.69. The number of esters is 1. The number of carbonyl (C=O) groups is 1. The summed E-state index contributed by atoms with van der Waals surface area (Å²) in [5.41, 5.74) is -1.42. The van der Waals surface area contributed by atoms with Gasteiger partial charge in [0.1, 0.15) is 6.10 Å². The van der Waals surface area contributed by atoms with E-state index < -0.39 is 53.6 Å². The van der Waals surface area contributed by atoms with Gasteiger partial charge in [-0.3, -0.25) is 4.79 Å². The van der Waals surface area contributed by atoms with Gasteiger partial charge in [-0.15, -0.1) is 0 Å². The average molecular weight is 1120 g/mol. The van der Waals surface area contributed by atoms with Gasteiger partial charge in [0.2, 0.25) is 0 Å². The highest BCUT2D eigenvalue weighted by Crippen LogP contribution is 2.24. The minimum Gasteiger partial charge on any atom is -0.460 e. The number of carbonyl (C=O) groups excluding carboxylic acids is 1. The number of rotatable bonds is 55. The molecule has 0 bridgehead atoms. The zero-order chi connectivity index (χ0) is 58.2. The van der Waals surface area contributed by atoms with Crippen molar-refractivity contribution in [3.63, 3.8) is 0 Å². The first-order valence-electron chi connectivity index (χ1n) is 29.4. The summed E-state index contributed by atoms with van der Waals surface area (Å²) in [4.78, 5) is 12.3. The molecule has 0 aliphatic carbocycles. The van der Waals surface area contributed by atoms with E-state index in [1.165, 1.54) is 83.5 Å². The molecule has 19 nitrogen and oxygen atoms in total.